The molecule has 0 amide bonds. The molecule has 0 atom stereocenters. The summed E-state index contributed by atoms with van der Waals surface area (Å²) < 4.78 is 0. The summed E-state index contributed by atoms with van der Waals surface area (Å²) in [6, 6.07) is 51.7. The monoisotopic (exact) mass is 500 g/mol. The highest BCUT2D eigenvalue weighted by molar-refractivity contribution is 5.91. The lowest BCUT2D eigenvalue weighted by Crippen LogP contribution is -2.28. The Labute approximate surface area is 229 Å². The summed E-state index contributed by atoms with van der Waals surface area (Å²) in [5.74, 6) is 0. The van der Waals surface area contributed by atoms with Crippen LogP contribution in [0.2, 0.25) is 0 Å². The van der Waals surface area contributed by atoms with Crippen LogP contribution in [0.4, 0.5) is 11.4 Å². The summed E-state index contributed by atoms with van der Waals surface area (Å²) in [7, 11) is 0. The zero-order valence-electron chi connectivity index (χ0n) is 21.5. The molecule has 0 bridgehead atoms. The zero-order chi connectivity index (χ0) is 26.4. The van der Waals surface area contributed by atoms with E-state index in [1.54, 1.807) is 0 Å². The average Bonchev–Trinajstić information content (AvgIpc) is 3.29. The first-order chi connectivity index (χ1) is 19.1. The van der Waals surface area contributed by atoms with Crippen molar-refractivity contribution in [1.29, 1.82) is 0 Å². The van der Waals surface area contributed by atoms with Gasteiger partial charge in [-0.2, -0.15) is 0 Å². The Kier molecular flexibility index (Phi) is 5.35. The summed E-state index contributed by atoms with van der Waals surface area (Å²) in [6.45, 7) is 0. The van der Waals surface area contributed by atoms with Crippen molar-refractivity contribution in [3.63, 3.8) is 0 Å². The fourth-order valence-electron chi connectivity index (χ4n) is 6.21. The van der Waals surface area contributed by atoms with E-state index >= 15 is 0 Å². The Morgan fingerprint density at radius 1 is 0.359 bits per heavy atom. The van der Waals surface area contributed by atoms with Gasteiger partial charge in [-0.3, -0.25) is 0 Å². The van der Waals surface area contributed by atoms with Crippen molar-refractivity contribution in [1.82, 2.24) is 0 Å². The average molecular weight is 501 g/mol. The van der Waals surface area contributed by atoms with Crippen LogP contribution in [0.15, 0.2) is 146 Å². The molecule has 1 aliphatic carbocycles. The summed E-state index contributed by atoms with van der Waals surface area (Å²) in [4.78, 5) is 0. The molecule has 0 saturated carbocycles. The maximum Gasteiger partial charge on any atom is 0.0713 e. The molecule has 6 aromatic carbocycles. The molecule has 0 aromatic heterocycles. The second-order valence-electron chi connectivity index (χ2n) is 10.2. The van der Waals surface area contributed by atoms with Crippen LogP contribution in [0.25, 0.3) is 33.4 Å². The molecule has 2 nitrogen and oxygen atoms in total. The van der Waals surface area contributed by atoms with E-state index < -0.39 is 5.41 Å². The van der Waals surface area contributed by atoms with Crippen molar-refractivity contribution >= 4 is 11.4 Å². The quantitative estimate of drug-likeness (QED) is 0.238. The smallest absolute Gasteiger partial charge is 0.0713 e. The highest BCUT2D eigenvalue weighted by Crippen LogP contribution is 2.57. The molecule has 0 spiro atoms. The Morgan fingerprint density at radius 3 is 1.13 bits per heavy atom. The van der Waals surface area contributed by atoms with Crippen LogP contribution in [0.5, 0.6) is 0 Å². The van der Waals surface area contributed by atoms with Gasteiger partial charge in [0.05, 0.1) is 5.41 Å². The van der Waals surface area contributed by atoms with Crippen molar-refractivity contribution < 1.29 is 0 Å². The first-order valence-corrected chi connectivity index (χ1v) is 13.3. The summed E-state index contributed by atoms with van der Waals surface area (Å²) in [5.41, 5.74) is 25.5. The molecule has 0 saturated heterocycles. The van der Waals surface area contributed by atoms with Gasteiger partial charge in [-0.05, 0) is 92.0 Å². The van der Waals surface area contributed by atoms with E-state index in [0.29, 0.717) is 0 Å². The maximum absolute atomic E-state index is 6.17. The van der Waals surface area contributed by atoms with Gasteiger partial charge < -0.3 is 11.5 Å². The Balaban J connectivity index is 1.57. The molecule has 0 unspecified atom stereocenters. The number of anilines is 2. The van der Waals surface area contributed by atoms with Gasteiger partial charge in [0.15, 0.2) is 0 Å². The van der Waals surface area contributed by atoms with E-state index in [9.17, 15) is 0 Å². The third-order valence-electron chi connectivity index (χ3n) is 8.04. The minimum absolute atomic E-state index is 0.503. The third-order valence-corrected chi connectivity index (χ3v) is 8.04. The molecule has 1 aliphatic rings. The first kappa shape index (κ1) is 23.1. The topological polar surface area (TPSA) is 52.0 Å². The minimum Gasteiger partial charge on any atom is -0.399 e. The second-order valence-corrected chi connectivity index (χ2v) is 10.2. The molecular weight excluding hydrogens is 472 g/mol. The van der Waals surface area contributed by atoms with E-state index in [1.165, 1.54) is 55.6 Å². The normalized spacial score (nSPS) is 13.0. The van der Waals surface area contributed by atoms with Crippen molar-refractivity contribution in [3.8, 4) is 33.4 Å². The molecule has 0 aliphatic heterocycles. The van der Waals surface area contributed by atoms with E-state index in [1.807, 2.05) is 24.3 Å². The molecule has 0 fully saturated rings. The molecule has 39 heavy (non-hydrogen) atoms. The van der Waals surface area contributed by atoms with Crippen LogP contribution in [0, 0.1) is 0 Å². The van der Waals surface area contributed by atoms with Crippen LogP contribution in [0.1, 0.15) is 22.3 Å². The van der Waals surface area contributed by atoms with Gasteiger partial charge >= 0.3 is 0 Å². The van der Waals surface area contributed by atoms with Gasteiger partial charge in [0.1, 0.15) is 0 Å². The first-order valence-electron chi connectivity index (χ1n) is 13.3. The minimum atomic E-state index is -0.503. The lowest BCUT2D eigenvalue weighted by atomic mass is 9.67. The predicted octanol–water partition coefficient (Wildman–Crippen LogP) is 8.55. The summed E-state index contributed by atoms with van der Waals surface area (Å²) in [6.07, 6.45) is 0. The highest BCUT2D eigenvalue weighted by Gasteiger charge is 2.46. The Bertz CT molecular complexity index is 1650. The number of hydrogen-bond acceptors (Lipinski definition) is 2. The fraction of sp³-hybridized carbons (Fsp3) is 0.0270. The van der Waals surface area contributed by atoms with Crippen LogP contribution >= 0.6 is 0 Å². The van der Waals surface area contributed by atoms with Crippen LogP contribution < -0.4 is 11.5 Å². The number of benzene rings is 6. The second kappa shape index (κ2) is 9.04. The molecule has 6 aromatic rings. The Morgan fingerprint density at radius 2 is 0.744 bits per heavy atom. The number of hydrogen-bond donors (Lipinski definition) is 2. The van der Waals surface area contributed by atoms with Gasteiger partial charge in [-0.15, -0.1) is 0 Å². The summed E-state index contributed by atoms with van der Waals surface area (Å²) in [5, 5.41) is 0. The van der Waals surface area contributed by atoms with Gasteiger partial charge in [-0.25, -0.2) is 0 Å². The van der Waals surface area contributed by atoms with Crippen LogP contribution in [0.3, 0.4) is 0 Å². The van der Waals surface area contributed by atoms with Crippen LogP contribution in [-0.4, -0.2) is 0 Å². The molecule has 4 N–H and O–H groups in total. The molecule has 0 heterocycles. The Hall–Kier alpha value is -5.08. The highest BCUT2D eigenvalue weighted by atomic mass is 14.6. The lowest BCUT2D eigenvalue weighted by Gasteiger charge is -2.34. The third kappa shape index (κ3) is 3.65. The van der Waals surface area contributed by atoms with E-state index in [2.05, 4.69) is 121 Å². The largest absolute Gasteiger partial charge is 0.399 e. The number of rotatable bonds is 4. The van der Waals surface area contributed by atoms with Gasteiger partial charge in [0.25, 0.3) is 0 Å². The molecular formula is C37H28N2. The van der Waals surface area contributed by atoms with Crippen molar-refractivity contribution in [2.24, 2.45) is 0 Å². The molecule has 2 heteroatoms. The van der Waals surface area contributed by atoms with Crippen LogP contribution in [-0.2, 0) is 5.41 Å². The molecule has 7 rings (SSSR count). The van der Waals surface area contributed by atoms with E-state index in [4.69, 9.17) is 11.5 Å². The van der Waals surface area contributed by atoms with Gasteiger partial charge in [-0.1, -0.05) is 109 Å². The molecule has 0 radical (unpaired) electrons. The summed E-state index contributed by atoms with van der Waals surface area (Å²) >= 11 is 0. The maximum atomic E-state index is 6.17. The molecule has 186 valence electrons. The van der Waals surface area contributed by atoms with Gasteiger partial charge in [0, 0.05) is 11.4 Å². The standard InChI is InChI=1S/C37H28N2/c38-31-17-13-29(14-18-31)37(30-15-19-32(39)20-16-30)35-21-11-27(25-7-3-1-4-8-25)23-33(35)34-24-28(12-22-36(34)37)26-9-5-2-6-10-26/h1-24H,38-39H2. The van der Waals surface area contributed by atoms with Crippen molar-refractivity contribution in [3.05, 3.63) is 168 Å². The number of nitrogen functional groups attached to an aromatic ring is 2. The number of nitrogens with two attached hydrogens (primary N) is 2. The SMILES string of the molecule is Nc1ccc(C2(c3ccc(N)cc3)c3ccc(-c4ccccc4)cc3-c3cc(-c4ccccc4)ccc32)cc1. The van der Waals surface area contributed by atoms with E-state index in [-0.39, 0.29) is 0 Å². The van der Waals surface area contributed by atoms with Gasteiger partial charge in [0.2, 0.25) is 0 Å². The predicted molar refractivity (Wildman–Crippen MR) is 163 cm³/mol. The zero-order valence-corrected chi connectivity index (χ0v) is 21.5. The lowest BCUT2D eigenvalue weighted by molar-refractivity contribution is 0.769. The van der Waals surface area contributed by atoms with Crippen molar-refractivity contribution in [2.75, 3.05) is 11.5 Å². The number of fused-ring (bicyclic) bond motifs is 3. The van der Waals surface area contributed by atoms with E-state index in [0.717, 1.165) is 11.4 Å². The van der Waals surface area contributed by atoms with Crippen molar-refractivity contribution in [2.45, 2.75) is 5.41 Å². The fourth-order valence-corrected chi connectivity index (χ4v) is 6.21.